The molecule has 1 aliphatic heterocycles. The average molecular weight is 512 g/mol. The molecular formula is C27H31ClFN5O2. The van der Waals surface area contributed by atoms with Crippen LogP contribution in [-0.2, 0) is 11.3 Å². The van der Waals surface area contributed by atoms with Crippen molar-refractivity contribution in [3.05, 3.63) is 65.2 Å². The molecule has 2 aliphatic rings. The van der Waals surface area contributed by atoms with Crippen molar-refractivity contribution < 1.29 is 14.2 Å². The van der Waals surface area contributed by atoms with Crippen molar-refractivity contribution in [1.29, 1.82) is 0 Å². The first-order valence-electron chi connectivity index (χ1n) is 12.5. The molecule has 1 aliphatic carbocycles. The molecule has 36 heavy (non-hydrogen) atoms. The summed E-state index contributed by atoms with van der Waals surface area (Å²) in [5, 5.41) is 17.3. The van der Waals surface area contributed by atoms with Gasteiger partial charge in [-0.3, -0.25) is 0 Å². The molecule has 1 saturated heterocycles. The zero-order valence-corrected chi connectivity index (χ0v) is 20.8. The second kappa shape index (κ2) is 11.4. The number of aromatic nitrogens is 2. The predicted octanol–water partition coefficient (Wildman–Crippen LogP) is 5.10. The number of pyridine rings is 2. The number of aliphatic hydroxyl groups is 1. The van der Waals surface area contributed by atoms with E-state index in [0.717, 1.165) is 72.8 Å². The van der Waals surface area contributed by atoms with Gasteiger partial charge in [0.15, 0.2) is 5.82 Å². The van der Waals surface area contributed by atoms with Crippen LogP contribution in [0, 0.1) is 5.82 Å². The molecule has 0 bridgehead atoms. The quantitative estimate of drug-likeness (QED) is 0.407. The number of hydrogen-bond acceptors (Lipinski definition) is 7. The number of aliphatic hydroxyl groups excluding tert-OH is 1. The monoisotopic (exact) mass is 511 g/mol. The topological polar surface area (TPSA) is 82.5 Å². The maximum absolute atomic E-state index is 13.7. The number of anilines is 3. The minimum Gasteiger partial charge on any atom is -0.393 e. The smallest absolute Gasteiger partial charge is 0.152 e. The standard InChI is InChI=1S/C27H31ClFN5O2/c28-24-17-31-26(33-21-4-6-22(35)7-5-21)14-23(24)19-13-25(30-15-18-2-1-3-20(29)12-18)27(32-16-19)34-8-10-36-11-9-34/h1-3,12-14,16-17,21-22,30,35H,4-11,15H2,(H,31,33). The lowest BCUT2D eigenvalue weighted by atomic mass is 9.93. The predicted molar refractivity (Wildman–Crippen MR) is 141 cm³/mol. The second-order valence-corrected chi connectivity index (χ2v) is 9.78. The lowest BCUT2D eigenvalue weighted by Gasteiger charge is -2.30. The van der Waals surface area contributed by atoms with E-state index in [2.05, 4.69) is 20.5 Å². The van der Waals surface area contributed by atoms with Crippen LogP contribution in [0.2, 0.25) is 5.02 Å². The van der Waals surface area contributed by atoms with E-state index < -0.39 is 0 Å². The Morgan fingerprint density at radius 3 is 2.64 bits per heavy atom. The van der Waals surface area contributed by atoms with Crippen LogP contribution in [0.3, 0.4) is 0 Å². The summed E-state index contributed by atoms with van der Waals surface area (Å²) in [6.45, 7) is 3.26. The van der Waals surface area contributed by atoms with Crippen LogP contribution >= 0.6 is 11.6 Å². The Balaban J connectivity index is 1.42. The van der Waals surface area contributed by atoms with E-state index in [9.17, 15) is 9.50 Å². The molecular weight excluding hydrogens is 481 g/mol. The molecule has 2 aromatic heterocycles. The average Bonchev–Trinajstić information content (AvgIpc) is 2.90. The lowest BCUT2D eigenvalue weighted by molar-refractivity contribution is 0.122. The number of rotatable bonds is 7. The Labute approximate surface area is 215 Å². The van der Waals surface area contributed by atoms with Crippen molar-refractivity contribution in [3.8, 4) is 11.1 Å². The van der Waals surface area contributed by atoms with Crippen LogP contribution in [-0.4, -0.2) is 53.5 Å². The van der Waals surface area contributed by atoms with Crippen LogP contribution in [0.25, 0.3) is 11.1 Å². The van der Waals surface area contributed by atoms with Crippen LogP contribution < -0.4 is 15.5 Å². The maximum Gasteiger partial charge on any atom is 0.152 e. The van der Waals surface area contributed by atoms with Gasteiger partial charge in [0.25, 0.3) is 0 Å². The summed E-state index contributed by atoms with van der Waals surface area (Å²) in [5.41, 5.74) is 3.39. The van der Waals surface area contributed by atoms with E-state index >= 15 is 0 Å². The fraction of sp³-hybridized carbons (Fsp3) is 0.407. The summed E-state index contributed by atoms with van der Waals surface area (Å²) in [4.78, 5) is 11.5. The molecule has 7 nitrogen and oxygen atoms in total. The highest BCUT2D eigenvalue weighted by Gasteiger charge is 2.21. The number of ether oxygens (including phenoxy) is 1. The molecule has 0 amide bonds. The summed E-state index contributed by atoms with van der Waals surface area (Å²) >= 11 is 6.58. The van der Waals surface area contributed by atoms with Crippen molar-refractivity contribution in [2.24, 2.45) is 0 Å². The molecule has 3 N–H and O–H groups in total. The molecule has 1 aromatic carbocycles. The van der Waals surface area contributed by atoms with E-state index in [-0.39, 0.29) is 18.0 Å². The Bertz CT molecular complexity index is 1180. The summed E-state index contributed by atoms with van der Waals surface area (Å²) in [6.07, 6.45) is 6.70. The third-order valence-electron chi connectivity index (χ3n) is 6.76. The van der Waals surface area contributed by atoms with Crippen LogP contribution in [0.15, 0.2) is 48.8 Å². The lowest BCUT2D eigenvalue weighted by Crippen LogP contribution is -2.37. The van der Waals surface area contributed by atoms with E-state index in [1.54, 1.807) is 12.3 Å². The van der Waals surface area contributed by atoms with Crippen molar-refractivity contribution >= 4 is 28.9 Å². The van der Waals surface area contributed by atoms with E-state index in [0.29, 0.717) is 24.8 Å². The van der Waals surface area contributed by atoms with Gasteiger partial charge in [-0.1, -0.05) is 23.7 Å². The third-order valence-corrected chi connectivity index (χ3v) is 7.07. The number of halogens is 2. The number of nitrogens with zero attached hydrogens (tertiary/aromatic N) is 3. The minimum absolute atomic E-state index is 0.203. The summed E-state index contributed by atoms with van der Waals surface area (Å²) in [5.74, 6) is 1.33. The van der Waals surface area contributed by atoms with Gasteiger partial charge in [0, 0.05) is 49.2 Å². The molecule has 3 heterocycles. The van der Waals surface area contributed by atoms with E-state index in [4.69, 9.17) is 21.3 Å². The van der Waals surface area contributed by atoms with Gasteiger partial charge in [0.1, 0.15) is 11.6 Å². The number of morpholine rings is 1. The van der Waals surface area contributed by atoms with Gasteiger partial charge >= 0.3 is 0 Å². The van der Waals surface area contributed by atoms with Gasteiger partial charge < -0.3 is 25.4 Å². The zero-order valence-electron chi connectivity index (χ0n) is 20.1. The molecule has 1 saturated carbocycles. The maximum atomic E-state index is 13.7. The Hall–Kier alpha value is -2.94. The molecule has 0 radical (unpaired) electrons. The largest absolute Gasteiger partial charge is 0.393 e. The minimum atomic E-state index is -0.259. The number of hydrogen-bond donors (Lipinski definition) is 3. The second-order valence-electron chi connectivity index (χ2n) is 9.38. The Kier molecular flexibility index (Phi) is 7.84. The fourth-order valence-corrected chi connectivity index (χ4v) is 4.99. The molecule has 0 unspecified atom stereocenters. The van der Waals surface area contributed by atoms with E-state index in [1.807, 2.05) is 24.4 Å². The normalized spacial score (nSPS) is 20.2. The van der Waals surface area contributed by atoms with Gasteiger partial charge in [-0.25, -0.2) is 14.4 Å². The van der Waals surface area contributed by atoms with Crippen molar-refractivity contribution in [1.82, 2.24) is 9.97 Å². The fourth-order valence-electron chi connectivity index (χ4n) is 4.77. The molecule has 9 heteroatoms. The highest BCUT2D eigenvalue weighted by molar-refractivity contribution is 6.33. The summed E-state index contributed by atoms with van der Waals surface area (Å²) in [7, 11) is 0. The molecule has 190 valence electrons. The number of nitrogens with one attached hydrogen (secondary N) is 2. The first kappa shape index (κ1) is 24.7. The molecule has 0 atom stereocenters. The van der Waals surface area contributed by atoms with Gasteiger partial charge in [0.2, 0.25) is 0 Å². The third kappa shape index (κ3) is 6.06. The Morgan fingerprint density at radius 1 is 1.06 bits per heavy atom. The van der Waals surface area contributed by atoms with Gasteiger partial charge in [0.05, 0.1) is 30.0 Å². The van der Waals surface area contributed by atoms with Crippen LogP contribution in [0.5, 0.6) is 0 Å². The van der Waals surface area contributed by atoms with E-state index in [1.165, 1.54) is 12.1 Å². The first-order valence-corrected chi connectivity index (χ1v) is 12.8. The first-order chi connectivity index (χ1) is 17.5. The zero-order chi connectivity index (χ0) is 24.9. The molecule has 5 rings (SSSR count). The molecule has 2 fully saturated rings. The van der Waals surface area contributed by atoms with Crippen molar-refractivity contribution in [2.75, 3.05) is 41.8 Å². The van der Waals surface area contributed by atoms with Crippen LogP contribution in [0.4, 0.5) is 21.7 Å². The highest BCUT2D eigenvalue weighted by Crippen LogP contribution is 2.35. The van der Waals surface area contributed by atoms with Crippen LogP contribution in [0.1, 0.15) is 31.2 Å². The van der Waals surface area contributed by atoms with Crippen molar-refractivity contribution in [2.45, 2.75) is 44.4 Å². The highest BCUT2D eigenvalue weighted by atomic mass is 35.5. The molecule has 3 aromatic rings. The summed E-state index contributed by atoms with van der Waals surface area (Å²) in [6, 6.07) is 10.8. The van der Waals surface area contributed by atoms with Gasteiger partial charge in [-0.2, -0.15) is 0 Å². The molecule has 0 spiro atoms. The Morgan fingerprint density at radius 2 is 1.86 bits per heavy atom. The summed E-state index contributed by atoms with van der Waals surface area (Å²) < 4.78 is 19.2. The van der Waals surface area contributed by atoms with Gasteiger partial charge in [-0.05, 0) is 55.5 Å². The van der Waals surface area contributed by atoms with Gasteiger partial charge in [-0.15, -0.1) is 0 Å². The number of benzene rings is 1. The SMILES string of the molecule is OC1CCC(Nc2cc(-c3cnc(N4CCOCC4)c(NCc4cccc(F)c4)c3)c(Cl)cn2)CC1. The van der Waals surface area contributed by atoms with Crippen molar-refractivity contribution in [3.63, 3.8) is 0 Å².